The fourth-order valence-corrected chi connectivity index (χ4v) is 7.21. The number of esters is 1. The molecule has 3 amide bonds. The van der Waals surface area contributed by atoms with Crippen molar-refractivity contribution in [2.24, 2.45) is 17.8 Å². The third-order valence-corrected chi connectivity index (χ3v) is 10.2. The van der Waals surface area contributed by atoms with Gasteiger partial charge in [-0.1, -0.05) is 70.4 Å². The van der Waals surface area contributed by atoms with Crippen LogP contribution in [0.2, 0.25) is 0 Å². The van der Waals surface area contributed by atoms with Crippen LogP contribution in [0, 0.1) is 17.8 Å². The Morgan fingerprint density at radius 3 is 2.28 bits per heavy atom. The fourth-order valence-electron chi connectivity index (χ4n) is 7.21. The molecule has 288 valence electrons. The zero-order chi connectivity index (χ0) is 38.9. The van der Waals surface area contributed by atoms with E-state index in [2.05, 4.69) is 16.0 Å². The van der Waals surface area contributed by atoms with Gasteiger partial charge in [0.05, 0.1) is 31.3 Å². The number of benzene rings is 2. The Bertz CT molecular complexity index is 1870. The van der Waals surface area contributed by atoms with E-state index >= 15 is 0 Å². The lowest BCUT2D eigenvalue weighted by Gasteiger charge is -2.31. The molecule has 0 saturated heterocycles. The Hall–Kier alpha value is -5.46. The molecule has 54 heavy (non-hydrogen) atoms. The lowest BCUT2D eigenvalue weighted by Crippen LogP contribution is -2.56. The average Bonchev–Trinajstić information content (AvgIpc) is 3.61. The number of nitrogens with one attached hydrogen (secondary N) is 3. The first kappa shape index (κ1) is 39.7. The number of carbonyl (C=O) groups is 5. The van der Waals surface area contributed by atoms with Crippen molar-refractivity contribution in [2.45, 2.75) is 89.9 Å². The second-order valence-electron chi connectivity index (χ2n) is 14.2. The predicted molar refractivity (Wildman–Crippen MR) is 201 cm³/mol. The maximum atomic E-state index is 14.1. The molecule has 2 aliphatic rings. The van der Waals surface area contributed by atoms with Crippen LogP contribution >= 0.6 is 0 Å². The van der Waals surface area contributed by atoms with Crippen molar-refractivity contribution >= 4 is 40.6 Å². The van der Waals surface area contributed by atoms with E-state index in [1.807, 2.05) is 36.4 Å². The summed E-state index contributed by atoms with van der Waals surface area (Å²) in [4.78, 5) is 71.2. The SMILES string of the molecule is CC[C@H](NC(=O)C1CC(Oc2cc(-c3ccccc3)nc3cc(OC)ccc23)C=C1C(=O)NC(C(=O)NC(C(=O)OC)C1CCCCC1)C(C)C)C(=O)O. The summed E-state index contributed by atoms with van der Waals surface area (Å²) in [7, 11) is 2.85. The zero-order valence-electron chi connectivity index (χ0n) is 31.4. The summed E-state index contributed by atoms with van der Waals surface area (Å²) < 4.78 is 17.0. The number of carboxylic acid groups (broad SMARTS) is 1. The molecule has 1 saturated carbocycles. The molecule has 5 atom stereocenters. The minimum absolute atomic E-state index is 0.0237. The minimum Gasteiger partial charge on any atom is -0.497 e. The molecular weight excluding hydrogens is 692 g/mol. The van der Waals surface area contributed by atoms with Crippen molar-refractivity contribution in [3.8, 4) is 22.8 Å². The monoisotopic (exact) mass is 742 g/mol. The van der Waals surface area contributed by atoms with Gasteiger partial charge in [0.2, 0.25) is 17.7 Å². The van der Waals surface area contributed by atoms with Gasteiger partial charge in [0.1, 0.15) is 35.7 Å². The van der Waals surface area contributed by atoms with Gasteiger partial charge in [-0.15, -0.1) is 0 Å². The second kappa shape index (κ2) is 18.0. The Morgan fingerprint density at radius 1 is 0.926 bits per heavy atom. The van der Waals surface area contributed by atoms with Crippen molar-refractivity contribution in [1.29, 1.82) is 0 Å². The maximum Gasteiger partial charge on any atom is 0.328 e. The zero-order valence-corrected chi connectivity index (χ0v) is 31.4. The van der Waals surface area contributed by atoms with Gasteiger partial charge in [0.15, 0.2) is 0 Å². The number of aliphatic carboxylic acids is 1. The molecule has 4 N–H and O–H groups in total. The van der Waals surface area contributed by atoms with Crippen LogP contribution in [0.1, 0.15) is 65.7 Å². The van der Waals surface area contributed by atoms with Gasteiger partial charge in [-0.25, -0.2) is 14.6 Å². The first-order chi connectivity index (χ1) is 25.9. The van der Waals surface area contributed by atoms with E-state index in [0.717, 1.165) is 37.7 Å². The molecular formula is C41H50N4O9. The number of fused-ring (bicyclic) bond motifs is 1. The summed E-state index contributed by atoms with van der Waals surface area (Å²) in [5.74, 6) is -4.14. The average molecular weight is 743 g/mol. The number of carbonyl (C=O) groups excluding carboxylic acids is 4. The van der Waals surface area contributed by atoms with E-state index in [-0.39, 0.29) is 24.3 Å². The number of carboxylic acids is 1. The first-order valence-corrected chi connectivity index (χ1v) is 18.6. The summed E-state index contributed by atoms with van der Waals surface area (Å²) >= 11 is 0. The molecule has 1 heterocycles. The molecule has 5 rings (SSSR count). The topological polar surface area (TPSA) is 182 Å². The summed E-state index contributed by atoms with van der Waals surface area (Å²) in [5, 5.41) is 18.6. The molecule has 13 nitrogen and oxygen atoms in total. The van der Waals surface area contributed by atoms with Gasteiger partial charge in [-0.05, 0) is 49.3 Å². The number of nitrogens with zero attached hydrogens (tertiary/aromatic N) is 1. The van der Waals surface area contributed by atoms with Gasteiger partial charge >= 0.3 is 11.9 Å². The number of ether oxygens (including phenoxy) is 3. The van der Waals surface area contributed by atoms with Gasteiger partial charge in [-0.3, -0.25) is 14.4 Å². The van der Waals surface area contributed by atoms with E-state index in [9.17, 15) is 29.1 Å². The smallest absolute Gasteiger partial charge is 0.328 e. The van der Waals surface area contributed by atoms with Crippen molar-refractivity contribution < 1.29 is 43.3 Å². The van der Waals surface area contributed by atoms with E-state index in [1.165, 1.54) is 7.11 Å². The van der Waals surface area contributed by atoms with Crippen LogP contribution in [-0.2, 0) is 28.7 Å². The highest BCUT2D eigenvalue weighted by Crippen LogP contribution is 2.36. The molecule has 2 aromatic carbocycles. The molecule has 0 radical (unpaired) electrons. The maximum absolute atomic E-state index is 14.1. The van der Waals surface area contributed by atoms with E-state index in [0.29, 0.717) is 28.1 Å². The summed E-state index contributed by atoms with van der Waals surface area (Å²) in [6, 6.07) is 13.7. The lowest BCUT2D eigenvalue weighted by molar-refractivity contribution is -0.147. The molecule has 3 aromatic rings. The van der Waals surface area contributed by atoms with Crippen LogP contribution in [0.25, 0.3) is 22.2 Å². The quantitative estimate of drug-likeness (QED) is 0.155. The molecule has 13 heteroatoms. The first-order valence-electron chi connectivity index (χ1n) is 18.6. The third kappa shape index (κ3) is 9.36. The number of rotatable bonds is 15. The van der Waals surface area contributed by atoms with Crippen LogP contribution in [-0.4, -0.2) is 78.2 Å². The van der Waals surface area contributed by atoms with Crippen molar-refractivity contribution in [3.63, 3.8) is 0 Å². The molecule has 2 aliphatic carbocycles. The number of pyridine rings is 1. The highest BCUT2D eigenvalue weighted by Gasteiger charge is 2.40. The Kier molecular flexibility index (Phi) is 13.3. The Labute approximate surface area is 315 Å². The lowest BCUT2D eigenvalue weighted by atomic mass is 9.83. The number of hydrogen-bond donors (Lipinski definition) is 4. The van der Waals surface area contributed by atoms with Crippen LogP contribution in [0.5, 0.6) is 11.5 Å². The molecule has 0 bridgehead atoms. The highest BCUT2D eigenvalue weighted by molar-refractivity contribution is 6.03. The summed E-state index contributed by atoms with van der Waals surface area (Å²) in [6.07, 6.45) is 5.40. The van der Waals surface area contributed by atoms with E-state index < -0.39 is 65.7 Å². The normalized spacial score (nSPS) is 18.9. The molecule has 4 unspecified atom stereocenters. The Balaban J connectivity index is 1.46. The van der Waals surface area contributed by atoms with E-state index in [1.54, 1.807) is 52.2 Å². The van der Waals surface area contributed by atoms with Crippen molar-refractivity contribution in [1.82, 2.24) is 20.9 Å². The standard InChI is InChI=1S/C41H50N4O9/c1-6-31(40(49)50)43-37(46)29-19-27(54-34-22-32(24-13-9-7-10-14-24)42-33-21-26(52-4)17-18-28(33)34)20-30(29)38(47)44-35(23(2)3)39(48)45-36(41(51)53-5)25-15-11-8-12-16-25/h7,9-10,13-14,17-18,20-23,25,27,29,31,35-36H,6,8,11-12,15-16,19H2,1-5H3,(H,43,46)(H,44,47)(H,45,48)(H,49,50)/t27?,29?,31-,35?,36?/m0/s1. The molecule has 1 fully saturated rings. The number of hydrogen-bond acceptors (Lipinski definition) is 9. The minimum atomic E-state index is -1.20. The van der Waals surface area contributed by atoms with Gasteiger partial charge < -0.3 is 35.3 Å². The highest BCUT2D eigenvalue weighted by atomic mass is 16.5. The predicted octanol–water partition coefficient (Wildman–Crippen LogP) is 4.96. The van der Waals surface area contributed by atoms with Crippen LogP contribution < -0.4 is 25.4 Å². The van der Waals surface area contributed by atoms with Crippen LogP contribution in [0.4, 0.5) is 0 Å². The fraction of sp³-hybridized carbons (Fsp3) is 0.463. The molecule has 0 spiro atoms. The van der Waals surface area contributed by atoms with Gasteiger partial charge in [-0.2, -0.15) is 0 Å². The number of methoxy groups -OCH3 is 2. The summed E-state index contributed by atoms with van der Waals surface area (Å²) in [5.41, 5.74) is 2.13. The van der Waals surface area contributed by atoms with Gasteiger partial charge in [0.25, 0.3) is 0 Å². The second-order valence-corrected chi connectivity index (χ2v) is 14.2. The third-order valence-electron chi connectivity index (χ3n) is 10.2. The molecule has 0 aliphatic heterocycles. The number of amides is 3. The molecule has 1 aromatic heterocycles. The van der Waals surface area contributed by atoms with Gasteiger partial charge in [0, 0.05) is 35.1 Å². The largest absolute Gasteiger partial charge is 0.497 e. The van der Waals surface area contributed by atoms with Crippen molar-refractivity contribution in [2.75, 3.05) is 14.2 Å². The van der Waals surface area contributed by atoms with Crippen molar-refractivity contribution in [3.05, 3.63) is 66.2 Å². The summed E-state index contributed by atoms with van der Waals surface area (Å²) in [6.45, 7) is 5.17. The van der Waals surface area contributed by atoms with E-state index in [4.69, 9.17) is 19.2 Å². The van der Waals surface area contributed by atoms with Crippen LogP contribution in [0.15, 0.2) is 66.2 Å². The van der Waals surface area contributed by atoms with Crippen LogP contribution in [0.3, 0.4) is 0 Å². The number of aromatic nitrogens is 1. The Morgan fingerprint density at radius 2 is 1.65 bits per heavy atom.